The van der Waals surface area contributed by atoms with Crippen molar-refractivity contribution in [2.24, 2.45) is 5.84 Å². The van der Waals surface area contributed by atoms with Crippen LogP contribution in [0.5, 0.6) is 0 Å². The summed E-state index contributed by atoms with van der Waals surface area (Å²) in [5, 5.41) is 0. The maximum atomic E-state index is 10.5. The van der Waals surface area contributed by atoms with Gasteiger partial charge >= 0.3 is 0 Å². The smallest absolute Gasteiger partial charge is 0.236 e. The molecule has 0 aliphatic carbocycles. The summed E-state index contributed by atoms with van der Waals surface area (Å²) in [6.07, 6.45) is 1.32. The van der Waals surface area contributed by atoms with Crippen LogP contribution < -0.4 is 11.3 Å². The van der Waals surface area contributed by atoms with E-state index in [1.807, 2.05) is 12.3 Å². The number of hydrazine groups is 1. The minimum atomic E-state index is -0.184. The summed E-state index contributed by atoms with van der Waals surface area (Å²) in [6.45, 7) is 3.18. The van der Waals surface area contributed by atoms with Gasteiger partial charge < -0.3 is 4.74 Å². The van der Waals surface area contributed by atoms with E-state index in [1.54, 1.807) is 0 Å². The Morgan fingerprint density at radius 2 is 2.30 bits per heavy atom. The van der Waals surface area contributed by atoms with Gasteiger partial charge in [0.15, 0.2) is 0 Å². The first-order valence-electron chi connectivity index (χ1n) is 3.38. The molecule has 0 aliphatic heterocycles. The normalized spacial score (nSPS) is 9.40. The molecule has 0 saturated carbocycles. The van der Waals surface area contributed by atoms with E-state index in [4.69, 9.17) is 10.6 Å². The highest BCUT2D eigenvalue weighted by Gasteiger charge is 1.95. The van der Waals surface area contributed by atoms with Gasteiger partial charge in [-0.2, -0.15) is 0 Å². The molecule has 0 unspecified atom stereocenters. The molecule has 3 N–H and O–H groups in total. The Bertz CT molecular complexity index is 95.7. The van der Waals surface area contributed by atoms with Gasteiger partial charge in [0.05, 0.1) is 13.0 Å². The van der Waals surface area contributed by atoms with Crippen LogP contribution in [0, 0.1) is 0 Å². The average molecular weight is 146 g/mol. The van der Waals surface area contributed by atoms with Crippen LogP contribution in [0.15, 0.2) is 0 Å². The Hall–Kier alpha value is -0.610. The number of rotatable bonds is 5. The van der Waals surface area contributed by atoms with E-state index >= 15 is 0 Å². The van der Waals surface area contributed by atoms with Crippen LogP contribution in [-0.4, -0.2) is 19.1 Å². The van der Waals surface area contributed by atoms with Crippen molar-refractivity contribution in [3.05, 3.63) is 0 Å². The number of hydrogen-bond acceptors (Lipinski definition) is 3. The van der Waals surface area contributed by atoms with Crippen molar-refractivity contribution in [1.82, 2.24) is 5.43 Å². The minimum absolute atomic E-state index is 0.184. The Morgan fingerprint density at radius 3 is 2.80 bits per heavy atom. The summed E-state index contributed by atoms with van der Waals surface area (Å²) >= 11 is 0. The Morgan fingerprint density at radius 1 is 1.60 bits per heavy atom. The molecule has 0 aliphatic rings. The van der Waals surface area contributed by atoms with Gasteiger partial charge in [0.2, 0.25) is 5.91 Å². The van der Waals surface area contributed by atoms with Crippen molar-refractivity contribution in [3.63, 3.8) is 0 Å². The molecule has 0 spiro atoms. The second kappa shape index (κ2) is 6.51. The van der Waals surface area contributed by atoms with Crippen molar-refractivity contribution in [1.29, 1.82) is 0 Å². The molecule has 4 nitrogen and oxygen atoms in total. The molecule has 0 fully saturated rings. The molecule has 0 rings (SSSR count). The zero-order valence-electron chi connectivity index (χ0n) is 6.22. The minimum Gasteiger partial charge on any atom is -0.381 e. The molecule has 0 atom stereocenters. The van der Waals surface area contributed by atoms with E-state index in [9.17, 15) is 4.79 Å². The predicted octanol–water partition coefficient (Wildman–Crippen LogP) is -0.207. The van der Waals surface area contributed by atoms with Crippen LogP contribution in [0.3, 0.4) is 0 Å². The van der Waals surface area contributed by atoms with E-state index < -0.39 is 0 Å². The molecule has 0 aromatic carbocycles. The quantitative estimate of drug-likeness (QED) is 0.244. The molecule has 1 amide bonds. The maximum absolute atomic E-state index is 10.5. The standard InChI is InChI=1S/C6H14N2O2/c1-2-4-10-5-3-6(9)8-7/h2-5,7H2,1H3,(H,8,9). The third-order valence-corrected chi connectivity index (χ3v) is 0.983. The number of nitrogens with two attached hydrogens (primary N) is 1. The SMILES string of the molecule is CCCOCCC(=O)NN. The van der Waals surface area contributed by atoms with Crippen molar-refractivity contribution >= 4 is 5.91 Å². The van der Waals surface area contributed by atoms with Crippen LogP contribution in [0.25, 0.3) is 0 Å². The zero-order valence-corrected chi connectivity index (χ0v) is 6.22. The van der Waals surface area contributed by atoms with E-state index in [1.165, 1.54) is 0 Å². The lowest BCUT2D eigenvalue weighted by molar-refractivity contribution is -0.122. The molecule has 0 bridgehead atoms. The monoisotopic (exact) mass is 146 g/mol. The molecule has 0 saturated heterocycles. The van der Waals surface area contributed by atoms with E-state index in [-0.39, 0.29) is 5.91 Å². The molecule has 0 radical (unpaired) electrons. The third-order valence-electron chi connectivity index (χ3n) is 0.983. The van der Waals surface area contributed by atoms with Gasteiger partial charge in [0, 0.05) is 6.61 Å². The summed E-state index contributed by atoms with van der Waals surface area (Å²) in [5.41, 5.74) is 2.02. The lowest BCUT2D eigenvalue weighted by atomic mass is 10.4. The first-order valence-corrected chi connectivity index (χ1v) is 3.38. The fraction of sp³-hybridized carbons (Fsp3) is 0.833. The molecular formula is C6H14N2O2. The number of nitrogens with one attached hydrogen (secondary N) is 1. The van der Waals surface area contributed by atoms with Crippen molar-refractivity contribution in [2.45, 2.75) is 19.8 Å². The molecule has 0 aromatic heterocycles. The lowest BCUT2D eigenvalue weighted by Crippen LogP contribution is -2.30. The van der Waals surface area contributed by atoms with Crippen LogP contribution in [0.4, 0.5) is 0 Å². The van der Waals surface area contributed by atoms with Gasteiger partial charge in [-0.15, -0.1) is 0 Å². The molecular weight excluding hydrogens is 132 g/mol. The van der Waals surface area contributed by atoms with Gasteiger partial charge in [-0.25, -0.2) is 5.84 Å². The highest BCUT2D eigenvalue weighted by molar-refractivity contribution is 5.75. The highest BCUT2D eigenvalue weighted by atomic mass is 16.5. The zero-order chi connectivity index (χ0) is 7.82. The number of ether oxygens (including phenoxy) is 1. The van der Waals surface area contributed by atoms with Gasteiger partial charge in [0.25, 0.3) is 0 Å². The van der Waals surface area contributed by atoms with Gasteiger partial charge in [-0.05, 0) is 6.42 Å². The largest absolute Gasteiger partial charge is 0.381 e. The van der Waals surface area contributed by atoms with Crippen LogP contribution in [0.1, 0.15) is 19.8 Å². The summed E-state index contributed by atoms with van der Waals surface area (Å²) in [5.74, 6) is 4.65. The molecule has 0 aromatic rings. The van der Waals surface area contributed by atoms with Gasteiger partial charge in [-0.1, -0.05) is 6.92 Å². The highest BCUT2D eigenvalue weighted by Crippen LogP contribution is 1.83. The number of amides is 1. The van der Waals surface area contributed by atoms with Gasteiger partial charge in [-0.3, -0.25) is 10.2 Å². The van der Waals surface area contributed by atoms with Crippen LogP contribution >= 0.6 is 0 Å². The van der Waals surface area contributed by atoms with Crippen LogP contribution in [-0.2, 0) is 9.53 Å². The Balaban J connectivity index is 2.96. The van der Waals surface area contributed by atoms with Crippen molar-refractivity contribution in [2.75, 3.05) is 13.2 Å². The number of hydrogen-bond donors (Lipinski definition) is 2. The van der Waals surface area contributed by atoms with E-state index in [0.717, 1.165) is 6.42 Å². The summed E-state index contributed by atoms with van der Waals surface area (Å²) in [7, 11) is 0. The molecule has 4 heteroatoms. The third kappa shape index (κ3) is 5.53. The average Bonchev–Trinajstić information content (AvgIpc) is 1.98. The molecule has 60 valence electrons. The second-order valence-electron chi connectivity index (χ2n) is 1.93. The number of carbonyl (C=O) groups is 1. The predicted molar refractivity (Wildman–Crippen MR) is 38.1 cm³/mol. The first-order chi connectivity index (χ1) is 4.81. The Labute approximate surface area is 60.7 Å². The van der Waals surface area contributed by atoms with E-state index in [2.05, 4.69) is 0 Å². The summed E-state index contributed by atoms with van der Waals surface area (Å²) in [6, 6.07) is 0. The summed E-state index contributed by atoms with van der Waals surface area (Å²) in [4.78, 5) is 10.5. The fourth-order valence-corrected chi connectivity index (χ4v) is 0.483. The summed E-state index contributed by atoms with van der Waals surface area (Å²) < 4.78 is 5.04. The maximum Gasteiger partial charge on any atom is 0.236 e. The van der Waals surface area contributed by atoms with Gasteiger partial charge in [0.1, 0.15) is 0 Å². The lowest BCUT2D eigenvalue weighted by Gasteiger charge is -2.00. The van der Waals surface area contributed by atoms with E-state index in [0.29, 0.717) is 19.6 Å². The first kappa shape index (κ1) is 9.39. The fourth-order valence-electron chi connectivity index (χ4n) is 0.483. The molecule has 0 heterocycles. The molecule has 10 heavy (non-hydrogen) atoms. The van der Waals surface area contributed by atoms with Crippen LogP contribution in [0.2, 0.25) is 0 Å². The number of carbonyl (C=O) groups excluding carboxylic acids is 1. The van der Waals surface area contributed by atoms with Crippen molar-refractivity contribution in [3.8, 4) is 0 Å². The Kier molecular flexibility index (Phi) is 6.11. The second-order valence-corrected chi connectivity index (χ2v) is 1.93. The van der Waals surface area contributed by atoms with Crippen molar-refractivity contribution < 1.29 is 9.53 Å². The topological polar surface area (TPSA) is 64.3 Å².